The minimum Gasteiger partial charge on any atom is -0.353 e. The normalized spacial score (nSPS) is 14.3. The molecule has 26 heavy (non-hydrogen) atoms. The molecule has 0 bridgehead atoms. The summed E-state index contributed by atoms with van der Waals surface area (Å²) in [5.74, 6) is -0.143. The van der Waals surface area contributed by atoms with Gasteiger partial charge in [-0.15, -0.1) is 10.2 Å². The number of benzene rings is 1. The SMILES string of the molecule is Cc1ccc(NC(=O)c2nnc(CCCC(=O)NC3CCCC3)s2)cc1. The van der Waals surface area contributed by atoms with E-state index >= 15 is 0 Å². The molecule has 1 fully saturated rings. The Morgan fingerprint density at radius 3 is 2.62 bits per heavy atom. The van der Waals surface area contributed by atoms with E-state index in [0.717, 1.165) is 29.1 Å². The number of aryl methyl sites for hydroxylation is 2. The molecule has 1 aromatic carbocycles. The van der Waals surface area contributed by atoms with Crippen molar-refractivity contribution >= 4 is 28.8 Å². The van der Waals surface area contributed by atoms with Crippen molar-refractivity contribution in [3.05, 3.63) is 39.8 Å². The van der Waals surface area contributed by atoms with Gasteiger partial charge in [0.15, 0.2) is 0 Å². The van der Waals surface area contributed by atoms with Gasteiger partial charge in [-0.1, -0.05) is 41.9 Å². The third kappa shape index (κ3) is 5.36. The van der Waals surface area contributed by atoms with Crippen molar-refractivity contribution in [1.82, 2.24) is 15.5 Å². The van der Waals surface area contributed by atoms with Crippen LogP contribution in [0.4, 0.5) is 5.69 Å². The van der Waals surface area contributed by atoms with E-state index in [1.165, 1.54) is 24.2 Å². The maximum absolute atomic E-state index is 12.2. The number of carbonyl (C=O) groups is 2. The van der Waals surface area contributed by atoms with Gasteiger partial charge >= 0.3 is 0 Å². The van der Waals surface area contributed by atoms with Gasteiger partial charge in [-0.3, -0.25) is 9.59 Å². The Bertz CT molecular complexity index is 751. The van der Waals surface area contributed by atoms with Crippen LogP contribution in [0, 0.1) is 6.92 Å². The van der Waals surface area contributed by atoms with E-state index in [0.29, 0.717) is 30.3 Å². The molecule has 0 spiro atoms. The Morgan fingerprint density at radius 1 is 1.15 bits per heavy atom. The minimum atomic E-state index is -0.253. The molecule has 0 unspecified atom stereocenters. The van der Waals surface area contributed by atoms with Crippen molar-refractivity contribution in [2.45, 2.75) is 57.9 Å². The predicted molar refractivity (Wildman–Crippen MR) is 102 cm³/mol. The molecule has 1 aliphatic rings. The van der Waals surface area contributed by atoms with Gasteiger partial charge in [0.2, 0.25) is 10.9 Å². The van der Waals surface area contributed by atoms with Crippen LogP contribution in [0.1, 0.15) is 58.9 Å². The fraction of sp³-hybridized carbons (Fsp3) is 0.474. The number of hydrogen-bond donors (Lipinski definition) is 2. The third-order valence-electron chi connectivity index (χ3n) is 4.49. The molecule has 2 aromatic rings. The first-order valence-electron chi connectivity index (χ1n) is 9.10. The van der Waals surface area contributed by atoms with Crippen LogP contribution in [-0.2, 0) is 11.2 Å². The Labute approximate surface area is 157 Å². The summed E-state index contributed by atoms with van der Waals surface area (Å²) in [6.45, 7) is 2.00. The molecule has 7 heteroatoms. The zero-order valence-corrected chi connectivity index (χ0v) is 15.8. The van der Waals surface area contributed by atoms with Crippen LogP contribution in [0.2, 0.25) is 0 Å². The van der Waals surface area contributed by atoms with Crippen LogP contribution >= 0.6 is 11.3 Å². The number of anilines is 1. The minimum absolute atomic E-state index is 0.110. The number of nitrogens with one attached hydrogen (secondary N) is 2. The van der Waals surface area contributed by atoms with Crippen molar-refractivity contribution < 1.29 is 9.59 Å². The summed E-state index contributed by atoms with van der Waals surface area (Å²) in [6, 6.07) is 7.97. The third-order valence-corrected chi connectivity index (χ3v) is 5.47. The van der Waals surface area contributed by atoms with E-state index < -0.39 is 0 Å². The van der Waals surface area contributed by atoms with Gasteiger partial charge in [-0.25, -0.2) is 0 Å². The lowest BCUT2D eigenvalue weighted by atomic mass is 10.2. The van der Waals surface area contributed by atoms with Crippen molar-refractivity contribution in [2.75, 3.05) is 5.32 Å². The second-order valence-corrected chi connectivity index (χ2v) is 7.79. The Hall–Kier alpha value is -2.28. The molecule has 2 amide bonds. The smallest absolute Gasteiger partial charge is 0.286 e. The fourth-order valence-corrected chi connectivity index (χ4v) is 3.81. The first-order valence-corrected chi connectivity index (χ1v) is 9.91. The first kappa shape index (κ1) is 18.5. The Balaban J connectivity index is 1.42. The highest BCUT2D eigenvalue weighted by atomic mass is 32.1. The van der Waals surface area contributed by atoms with E-state index in [9.17, 15) is 9.59 Å². The summed E-state index contributed by atoms with van der Waals surface area (Å²) in [5, 5.41) is 15.1. The number of nitrogens with zero attached hydrogens (tertiary/aromatic N) is 2. The van der Waals surface area contributed by atoms with Crippen LogP contribution in [0.15, 0.2) is 24.3 Å². The van der Waals surface area contributed by atoms with Gasteiger partial charge in [-0.05, 0) is 38.3 Å². The van der Waals surface area contributed by atoms with Crippen LogP contribution < -0.4 is 10.6 Å². The lowest BCUT2D eigenvalue weighted by molar-refractivity contribution is -0.121. The van der Waals surface area contributed by atoms with Crippen molar-refractivity contribution in [1.29, 1.82) is 0 Å². The molecule has 3 rings (SSSR count). The van der Waals surface area contributed by atoms with Crippen molar-refractivity contribution in [3.8, 4) is 0 Å². The van der Waals surface area contributed by atoms with Crippen LogP contribution in [0.25, 0.3) is 0 Å². The van der Waals surface area contributed by atoms with Crippen LogP contribution in [0.3, 0.4) is 0 Å². The number of rotatable bonds is 7. The molecule has 0 atom stereocenters. The molecule has 1 aromatic heterocycles. The van der Waals surface area contributed by atoms with E-state index in [2.05, 4.69) is 20.8 Å². The summed E-state index contributed by atoms with van der Waals surface area (Å²) in [4.78, 5) is 24.1. The number of amides is 2. The zero-order chi connectivity index (χ0) is 18.4. The second-order valence-electron chi connectivity index (χ2n) is 6.72. The van der Waals surface area contributed by atoms with E-state index in [4.69, 9.17) is 0 Å². The molecule has 1 aliphatic carbocycles. The molecule has 1 saturated carbocycles. The molecule has 1 heterocycles. The highest BCUT2D eigenvalue weighted by Gasteiger charge is 2.17. The van der Waals surface area contributed by atoms with Gasteiger partial charge in [0.1, 0.15) is 5.01 Å². The maximum atomic E-state index is 12.2. The number of hydrogen-bond acceptors (Lipinski definition) is 5. The van der Waals surface area contributed by atoms with Gasteiger partial charge in [-0.2, -0.15) is 0 Å². The highest BCUT2D eigenvalue weighted by Crippen LogP contribution is 2.18. The van der Waals surface area contributed by atoms with E-state index in [-0.39, 0.29) is 11.8 Å². The fourth-order valence-electron chi connectivity index (χ4n) is 3.04. The average Bonchev–Trinajstić information content (AvgIpc) is 3.29. The Kier molecular flexibility index (Phi) is 6.33. The lowest BCUT2D eigenvalue weighted by Crippen LogP contribution is -2.32. The standard InChI is InChI=1S/C19H24N4O2S/c1-13-9-11-15(12-10-13)21-18(25)19-23-22-17(26-19)8-4-7-16(24)20-14-5-2-3-6-14/h9-12,14H,2-8H2,1H3,(H,20,24)(H,21,25). The molecule has 0 radical (unpaired) electrons. The predicted octanol–water partition coefficient (Wildman–Crippen LogP) is 3.48. The van der Waals surface area contributed by atoms with Gasteiger partial charge in [0.25, 0.3) is 5.91 Å². The highest BCUT2D eigenvalue weighted by molar-refractivity contribution is 7.13. The topological polar surface area (TPSA) is 84.0 Å². The second kappa shape index (κ2) is 8.89. The average molecular weight is 372 g/mol. The summed E-state index contributed by atoms with van der Waals surface area (Å²) in [5.41, 5.74) is 1.87. The Morgan fingerprint density at radius 2 is 1.88 bits per heavy atom. The monoisotopic (exact) mass is 372 g/mol. The van der Waals surface area contributed by atoms with Gasteiger partial charge in [0, 0.05) is 24.6 Å². The molecule has 138 valence electrons. The largest absolute Gasteiger partial charge is 0.353 e. The van der Waals surface area contributed by atoms with Crippen molar-refractivity contribution in [2.24, 2.45) is 0 Å². The van der Waals surface area contributed by atoms with Crippen molar-refractivity contribution in [3.63, 3.8) is 0 Å². The quantitative estimate of drug-likeness (QED) is 0.779. The lowest BCUT2D eigenvalue weighted by Gasteiger charge is -2.11. The number of carbonyl (C=O) groups excluding carboxylic acids is 2. The zero-order valence-electron chi connectivity index (χ0n) is 15.0. The summed E-state index contributed by atoms with van der Waals surface area (Å²) in [6.07, 6.45) is 6.48. The summed E-state index contributed by atoms with van der Waals surface area (Å²) < 4.78 is 0. The summed E-state index contributed by atoms with van der Waals surface area (Å²) in [7, 11) is 0. The van der Waals surface area contributed by atoms with Gasteiger partial charge in [0.05, 0.1) is 0 Å². The molecular formula is C19H24N4O2S. The summed E-state index contributed by atoms with van der Waals surface area (Å²) >= 11 is 1.28. The molecule has 0 saturated heterocycles. The van der Waals surface area contributed by atoms with E-state index in [1.54, 1.807) is 0 Å². The van der Waals surface area contributed by atoms with E-state index in [1.807, 2.05) is 31.2 Å². The number of aromatic nitrogens is 2. The van der Waals surface area contributed by atoms with Crippen LogP contribution in [-0.4, -0.2) is 28.1 Å². The maximum Gasteiger partial charge on any atom is 0.286 e. The molecule has 0 aliphatic heterocycles. The molecule has 2 N–H and O–H groups in total. The first-order chi connectivity index (χ1) is 12.6. The van der Waals surface area contributed by atoms with Crippen LogP contribution in [0.5, 0.6) is 0 Å². The molecule has 6 nitrogen and oxygen atoms in total. The van der Waals surface area contributed by atoms with Gasteiger partial charge < -0.3 is 10.6 Å². The molecular weight excluding hydrogens is 348 g/mol.